The van der Waals surface area contributed by atoms with Gasteiger partial charge < -0.3 is 5.32 Å². The van der Waals surface area contributed by atoms with E-state index in [0.29, 0.717) is 5.25 Å². The summed E-state index contributed by atoms with van der Waals surface area (Å²) in [6.45, 7) is 4.53. The van der Waals surface area contributed by atoms with Crippen molar-refractivity contribution in [2.45, 2.75) is 18.6 Å². The molecule has 1 rings (SSSR count). The van der Waals surface area contributed by atoms with Gasteiger partial charge in [0.1, 0.15) is 0 Å². The van der Waals surface area contributed by atoms with Crippen LogP contribution in [0.25, 0.3) is 0 Å². The number of nitrogens with one attached hydrogen (secondary N) is 1. The summed E-state index contributed by atoms with van der Waals surface area (Å²) in [7, 11) is 0. The number of rotatable bonds is 0. The van der Waals surface area contributed by atoms with Gasteiger partial charge >= 0.3 is 0 Å². The smallest absolute Gasteiger partial charge is 0.0168 e. The van der Waals surface area contributed by atoms with Crippen molar-refractivity contribution in [1.29, 1.82) is 0 Å². The summed E-state index contributed by atoms with van der Waals surface area (Å²) in [5.74, 6) is 0.805. The minimum atomic E-state index is 0.587. The van der Waals surface area contributed by atoms with E-state index in [1.54, 1.807) is 0 Å². The van der Waals surface area contributed by atoms with E-state index < -0.39 is 0 Å². The lowest BCUT2D eigenvalue weighted by Gasteiger charge is -2.24. The van der Waals surface area contributed by atoms with E-state index in [-0.39, 0.29) is 0 Å². The molecule has 0 aromatic carbocycles. The van der Waals surface area contributed by atoms with Crippen LogP contribution in [0.5, 0.6) is 0 Å². The van der Waals surface area contributed by atoms with E-state index in [4.69, 9.17) is 0 Å². The fourth-order valence-corrected chi connectivity index (χ4v) is 1.25. The summed E-state index contributed by atoms with van der Waals surface area (Å²) >= 11 is 4.39. The quantitative estimate of drug-likeness (QED) is 0.466. The molecule has 1 heterocycles. The van der Waals surface area contributed by atoms with Gasteiger partial charge in [0, 0.05) is 11.8 Å². The second-order valence-electron chi connectivity index (χ2n) is 2.54. The van der Waals surface area contributed by atoms with Gasteiger partial charge in [0.25, 0.3) is 0 Å². The maximum atomic E-state index is 4.39. The molecule has 1 fully saturated rings. The van der Waals surface area contributed by atoms with Gasteiger partial charge in [-0.25, -0.2) is 0 Å². The average molecular weight is 131 g/mol. The topological polar surface area (TPSA) is 12.0 Å². The molecule has 0 amide bonds. The van der Waals surface area contributed by atoms with E-state index >= 15 is 0 Å². The highest BCUT2D eigenvalue weighted by atomic mass is 32.1. The van der Waals surface area contributed by atoms with Crippen LogP contribution in [0.4, 0.5) is 0 Å². The van der Waals surface area contributed by atoms with E-state index in [1.807, 2.05) is 0 Å². The Bertz CT molecular complexity index is 64.9. The Hall–Kier alpha value is 0.310. The maximum absolute atomic E-state index is 4.39. The lowest BCUT2D eigenvalue weighted by molar-refractivity contribution is 0.416. The molecule has 1 aliphatic heterocycles. The second kappa shape index (κ2) is 2.74. The van der Waals surface area contributed by atoms with Crippen LogP contribution in [0.3, 0.4) is 0 Å². The van der Waals surface area contributed by atoms with Crippen molar-refractivity contribution in [2.75, 3.05) is 13.1 Å². The zero-order chi connectivity index (χ0) is 5.98. The van der Waals surface area contributed by atoms with E-state index in [9.17, 15) is 0 Å². The SMILES string of the molecule is C[C@H]1CCNCC1S. The molecule has 0 aromatic heterocycles. The zero-order valence-corrected chi connectivity index (χ0v) is 6.12. The van der Waals surface area contributed by atoms with Crippen molar-refractivity contribution in [1.82, 2.24) is 5.32 Å². The van der Waals surface area contributed by atoms with Gasteiger partial charge in [0.05, 0.1) is 0 Å². The Balaban J connectivity index is 2.28. The van der Waals surface area contributed by atoms with E-state index in [1.165, 1.54) is 13.0 Å². The van der Waals surface area contributed by atoms with Gasteiger partial charge in [-0.15, -0.1) is 0 Å². The Kier molecular flexibility index (Phi) is 2.20. The molecular weight excluding hydrogens is 118 g/mol. The summed E-state index contributed by atoms with van der Waals surface area (Å²) in [6.07, 6.45) is 1.29. The number of thiol groups is 1. The molecule has 48 valence electrons. The van der Waals surface area contributed by atoms with Crippen LogP contribution >= 0.6 is 12.6 Å². The number of piperidine rings is 1. The largest absolute Gasteiger partial charge is 0.316 e. The van der Waals surface area contributed by atoms with Crippen molar-refractivity contribution in [2.24, 2.45) is 5.92 Å². The van der Waals surface area contributed by atoms with Crippen LogP contribution in [0.2, 0.25) is 0 Å². The minimum Gasteiger partial charge on any atom is -0.316 e. The molecule has 1 nitrogen and oxygen atoms in total. The average Bonchev–Trinajstić information content (AvgIpc) is 1.77. The number of hydrogen-bond acceptors (Lipinski definition) is 2. The molecule has 0 radical (unpaired) electrons. The molecule has 0 aliphatic carbocycles. The molecule has 0 aromatic rings. The first-order chi connectivity index (χ1) is 3.80. The van der Waals surface area contributed by atoms with Gasteiger partial charge in [-0.1, -0.05) is 6.92 Å². The zero-order valence-electron chi connectivity index (χ0n) is 5.22. The standard InChI is InChI=1S/C6H13NS/c1-5-2-3-7-4-6(5)8/h5-8H,2-4H2,1H3/t5-,6?/m0/s1. The molecular formula is C6H13NS. The van der Waals surface area contributed by atoms with Crippen molar-refractivity contribution >= 4 is 12.6 Å². The summed E-state index contributed by atoms with van der Waals surface area (Å²) < 4.78 is 0. The van der Waals surface area contributed by atoms with Crippen LogP contribution in [0.15, 0.2) is 0 Å². The molecule has 1 unspecified atom stereocenters. The lowest BCUT2D eigenvalue weighted by Crippen LogP contribution is -2.35. The summed E-state index contributed by atoms with van der Waals surface area (Å²) in [6, 6.07) is 0. The molecule has 1 saturated heterocycles. The Labute approximate surface area is 56.3 Å². The van der Waals surface area contributed by atoms with Gasteiger partial charge in [-0.05, 0) is 18.9 Å². The Morgan fingerprint density at radius 3 is 2.75 bits per heavy atom. The van der Waals surface area contributed by atoms with Gasteiger partial charge in [-0.3, -0.25) is 0 Å². The summed E-state index contributed by atoms with van der Waals surface area (Å²) in [5, 5.41) is 3.88. The highest BCUT2D eigenvalue weighted by molar-refractivity contribution is 7.81. The van der Waals surface area contributed by atoms with Crippen molar-refractivity contribution < 1.29 is 0 Å². The van der Waals surface area contributed by atoms with Crippen LogP contribution in [-0.2, 0) is 0 Å². The van der Waals surface area contributed by atoms with Crippen molar-refractivity contribution in [3.63, 3.8) is 0 Å². The number of hydrogen-bond donors (Lipinski definition) is 2. The van der Waals surface area contributed by atoms with Crippen LogP contribution in [-0.4, -0.2) is 18.3 Å². The third-order valence-corrected chi connectivity index (χ3v) is 2.48. The summed E-state index contributed by atoms with van der Waals surface area (Å²) in [5.41, 5.74) is 0. The van der Waals surface area contributed by atoms with Gasteiger partial charge in [-0.2, -0.15) is 12.6 Å². The molecule has 0 bridgehead atoms. The van der Waals surface area contributed by atoms with E-state index in [0.717, 1.165) is 12.5 Å². The van der Waals surface area contributed by atoms with Crippen molar-refractivity contribution in [3.8, 4) is 0 Å². The first kappa shape index (κ1) is 6.43. The second-order valence-corrected chi connectivity index (χ2v) is 3.20. The van der Waals surface area contributed by atoms with Crippen LogP contribution < -0.4 is 5.32 Å². The third kappa shape index (κ3) is 1.39. The van der Waals surface area contributed by atoms with E-state index in [2.05, 4.69) is 24.9 Å². The molecule has 0 saturated carbocycles. The molecule has 0 spiro atoms. The molecule has 2 heteroatoms. The fraction of sp³-hybridized carbons (Fsp3) is 1.00. The lowest BCUT2D eigenvalue weighted by atomic mass is 10.0. The highest BCUT2D eigenvalue weighted by Crippen LogP contribution is 2.15. The molecule has 8 heavy (non-hydrogen) atoms. The maximum Gasteiger partial charge on any atom is 0.0168 e. The first-order valence-corrected chi connectivity index (χ1v) is 3.71. The third-order valence-electron chi connectivity index (χ3n) is 1.79. The van der Waals surface area contributed by atoms with Gasteiger partial charge in [0.15, 0.2) is 0 Å². The molecule has 1 N–H and O–H groups in total. The summed E-state index contributed by atoms with van der Waals surface area (Å²) in [4.78, 5) is 0. The van der Waals surface area contributed by atoms with Crippen LogP contribution in [0, 0.1) is 5.92 Å². The predicted octanol–water partition coefficient (Wildman–Crippen LogP) is 0.914. The molecule has 2 atom stereocenters. The minimum absolute atomic E-state index is 0.587. The fourth-order valence-electron chi connectivity index (χ4n) is 0.973. The van der Waals surface area contributed by atoms with Gasteiger partial charge in [0.2, 0.25) is 0 Å². The normalized spacial score (nSPS) is 39.8. The Morgan fingerprint density at radius 1 is 1.62 bits per heavy atom. The Morgan fingerprint density at radius 2 is 2.38 bits per heavy atom. The first-order valence-electron chi connectivity index (χ1n) is 3.19. The highest BCUT2D eigenvalue weighted by Gasteiger charge is 2.15. The van der Waals surface area contributed by atoms with Crippen molar-refractivity contribution in [3.05, 3.63) is 0 Å². The van der Waals surface area contributed by atoms with Crippen LogP contribution in [0.1, 0.15) is 13.3 Å². The molecule has 1 aliphatic rings. The monoisotopic (exact) mass is 131 g/mol. The predicted molar refractivity (Wildman–Crippen MR) is 39.4 cm³/mol.